The van der Waals surface area contributed by atoms with E-state index in [2.05, 4.69) is 155 Å². The quantitative estimate of drug-likeness (QED) is 0.205. The Kier molecular flexibility index (Phi) is 5.00. The van der Waals surface area contributed by atoms with Crippen LogP contribution in [-0.2, 0) is 0 Å². The van der Waals surface area contributed by atoms with Crippen LogP contribution in [0.15, 0.2) is 162 Å². The van der Waals surface area contributed by atoms with Crippen LogP contribution in [0.4, 0.5) is 17.2 Å². The van der Waals surface area contributed by atoms with Crippen molar-refractivity contribution in [1.82, 2.24) is 4.57 Å². The van der Waals surface area contributed by atoms with Gasteiger partial charge in [-0.1, -0.05) is 103 Å². The first kappa shape index (κ1) is 24.4. The largest absolute Gasteiger partial charge is 0.456 e. The SMILES string of the molecule is c1cc(-c2ccc3oc4ccccc4c3c2)cc(N2c3ccc4ccccc4c3-c3ccccc3-n3c2cc2ccccc23)c1. The van der Waals surface area contributed by atoms with Crippen molar-refractivity contribution in [3.8, 4) is 27.9 Å². The summed E-state index contributed by atoms with van der Waals surface area (Å²) in [5.41, 5.74) is 11.3. The number of benzene rings is 7. The van der Waals surface area contributed by atoms with Crippen LogP contribution < -0.4 is 4.90 Å². The first-order valence-electron chi connectivity index (χ1n) is 15.4. The molecule has 0 N–H and O–H groups in total. The topological polar surface area (TPSA) is 21.3 Å². The van der Waals surface area contributed by atoms with Gasteiger partial charge in [0.15, 0.2) is 0 Å². The summed E-state index contributed by atoms with van der Waals surface area (Å²) in [5, 5.41) is 5.97. The smallest absolute Gasteiger partial charge is 0.135 e. The average molecular weight is 575 g/mol. The Labute approximate surface area is 259 Å². The van der Waals surface area contributed by atoms with E-state index in [0.29, 0.717) is 0 Å². The second-order valence-corrected chi connectivity index (χ2v) is 11.8. The second-order valence-electron chi connectivity index (χ2n) is 11.8. The number of hydrogen-bond acceptors (Lipinski definition) is 2. The highest BCUT2D eigenvalue weighted by molar-refractivity contribution is 6.10. The molecule has 0 amide bonds. The Morgan fingerprint density at radius 1 is 0.444 bits per heavy atom. The second kappa shape index (κ2) is 9.22. The lowest BCUT2D eigenvalue weighted by Crippen LogP contribution is -2.13. The highest BCUT2D eigenvalue weighted by Crippen LogP contribution is 2.51. The summed E-state index contributed by atoms with van der Waals surface area (Å²) in [6.07, 6.45) is 0. The summed E-state index contributed by atoms with van der Waals surface area (Å²) >= 11 is 0. The lowest BCUT2D eigenvalue weighted by Gasteiger charge is -2.27. The van der Waals surface area contributed by atoms with Gasteiger partial charge in [-0.2, -0.15) is 0 Å². The Bertz CT molecular complexity index is 2620. The van der Waals surface area contributed by atoms with Crippen LogP contribution in [-0.4, -0.2) is 4.57 Å². The summed E-state index contributed by atoms with van der Waals surface area (Å²) in [4.78, 5) is 2.44. The Morgan fingerprint density at radius 2 is 1.20 bits per heavy atom. The number of anilines is 3. The minimum absolute atomic E-state index is 0.909. The molecule has 0 spiro atoms. The fraction of sp³-hybridized carbons (Fsp3) is 0. The monoisotopic (exact) mass is 574 g/mol. The van der Waals surface area contributed by atoms with Crippen LogP contribution in [0, 0.1) is 0 Å². The molecule has 3 heteroatoms. The van der Waals surface area contributed by atoms with E-state index in [1.54, 1.807) is 0 Å². The molecule has 0 bridgehead atoms. The van der Waals surface area contributed by atoms with E-state index in [0.717, 1.165) is 50.3 Å². The number of para-hydroxylation sites is 3. The number of fused-ring (bicyclic) bond motifs is 12. The highest BCUT2D eigenvalue weighted by atomic mass is 16.3. The lowest BCUT2D eigenvalue weighted by molar-refractivity contribution is 0.669. The van der Waals surface area contributed by atoms with Crippen molar-refractivity contribution >= 4 is 60.8 Å². The maximum Gasteiger partial charge on any atom is 0.135 e. The van der Waals surface area contributed by atoms with E-state index in [-0.39, 0.29) is 0 Å². The number of hydrogen-bond donors (Lipinski definition) is 0. The molecule has 7 aromatic carbocycles. The van der Waals surface area contributed by atoms with Crippen LogP contribution in [0.5, 0.6) is 0 Å². The molecule has 3 nitrogen and oxygen atoms in total. The van der Waals surface area contributed by atoms with Gasteiger partial charge in [0.2, 0.25) is 0 Å². The van der Waals surface area contributed by atoms with Gasteiger partial charge in [0, 0.05) is 33.0 Å². The standard InChI is InChI=1S/C42H26N2O/c1-3-14-32-27(10-1)20-22-38-42(32)34-16-4-7-18-37(34)44-36-17-6-2-11-30(36)26-41(44)43(38)31-13-9-12-28(24-31)29-21-23-40-35(25-29)33-15-5-8-19-39(33)45-40/h1-26H. The van der Waals surface area contributed by atoms with Crippen LogP contribution in [0.1, 0.15) is 0 Å². The number of aromatic nitrogens is 1. The van der Waals surface area contributed by atoms with Crippen molar-refractivity contribution in [2.24, 2.45) is 0 Å². The zero-order chi connectivity index (χ0) is 29.5. The Morgan fingerprint density at radius 3 is 2.16 bits per heavy atom. The first-order valence-corrected chi connectivity index (χ1v) is 15.4. The van der Waals surface area contributed by atoms with Gasteiger partial charge in [0.05, 0.1) is 16.9 Å². The zero-order valence-electron chi connectivity index (χ0n) is 24.3. The fourth-order valence-corrected chi connectivity index (χ4v) is 7.29. The summed E-state index contributed by atoms with van der Waals surface area (Å²) in [7, 11) is 0. The molecule has 0 saturated heterocycles. The molecule has 1 aliphatic rings. The van der Waals surface area contributed by atoms with Gasteiger partial charge in [-0.05, 0) is 76.5 Å². The van der Waals surface area contributed by atoms with Crippen molar-refractivity contribution in [3.63, 3.8) is 0 Å². The molecule has 45 heavy (non-hydrogen) atoms. The summed E-state index contributed by atoms with van der Waals surface area (Å²) in [6, 6.07) is 56.8. The Hall–Kier alpha value is -6.06. The minimum atomic E-state index is 0.909. The van der Waals surface area contributed by atoms with E-state index < -0.39 is 0 Å². The van der Waals surface area contributed by atoms with E-state index in [4.69, 9.17) is 4.42 Å². The van der Waals surface area contributed by atoms with Crippen LogP contribution >= 0.6 is 0 Å². The zero-order valence-corrected chi connectivity index (χ0v) is 24.3. The van der Waals surface area contributed by atoms with Crippen molar-refractivity contribution in [2.45, 2.75) is 0 Å². The molecule has 210 valence electrons. The molecule has 0 unspecified atom stereocenters. The van der Waals surface area contributed by atoms with E-state index in [1.807, 2.05) is 12.1 Å². The third-order valence-corrected chi connectivity index (χ3v) is 9.30. The van der Waals surface area contributed by atoms with Crippen molar-refractivity contribution in [3.05, 3.63) is 158 Å². The van der Waals surface area contributed by atoms with Gasteiger partial charge in [-0.25, -0.2) is 0 Å². The molecule has 10 rings (SSSR count). The maximum atomic E-state index is 6.14. The third kappa shape index (κ3) is 3.52. The molecular formula is C42H26N2O. The average Bonchev–Trinajstić information content (AvgIpc) is 3.63. The molecule has 3 heterocycles. The van der Waals surface area contributed by atoms with Gasteiger partial charge in [-0.3, -0.25) is 9.47 Å². The highest BCUT2D eigenvalue weighted by Gasteiger charge is 2.29. The minimum Gasteiger partial charge on any atom is -0.456 e. The van der Waals surface area contributed by atoms with Crippen molar-refractivity contribution in [1.29, 1.82) is 0 Å². The van der Waals surface area contributed by atoms with Crippen LogP contribution in [0.2, 0.25) is 0 Å². The lowest BCUT2D eigenvalue weighted by atomic mass is 9.94. The van der Waals surface area contributed by atoms with Gasteiger partial charge in [0.1, 0.15) is 17.0 Å². The van der Waals surface area contributed by atoms with E-state index in [9.17, 15) is 0 Å². The third-order valence-electron chi connectivity index (χ3n) is 9.30. The number of rotatable bonds is 2. The molecule has 0 radical (unpaired) electrons. The molecule has 1 aliphatic heterocycles. The summed E-state index contributed by atoms with van der Waals surface area (Å²) < 4.78 is 8.56. The molecular weight excluding hydrogens is 548 g/mol. The van der Waals surface area contributed by atoms with Crippen LogP contribution in [0.3, 0.4) is 0 Å². The van der Waals surface area contributed by atoms with Crippen LogP contribution in [0.25, 0.3) is 71.6 Å². The van der Waals surface area contributed by atoms with Gasteiger partial charge in [0.25, 0.3) is 0 Å². The molecule has 0 atom stereocenters. The fourth-order valence-electron chi connectivity index (χ4n) is 7.29. The van der Waals surface area contributed by atoms with Crippen molar-refractivity contribution < 1.29 is 4.42 Å². The normalized spacial score (nSPS) is 12.4. The van der Waals surface area contributed by atoms with E-state index >= 15 is 0 Å². The maximum absolute atomic E-state index is 6.14. The predicted molar refractivity (Wildman–Crippen MR) is 187 cm³/mol. The molecule has 0 fully saturated rings. The van der Waals surface area contributed by atoms with Gasteiger partial charge in [-0.15, -0.1) is 0 Å². The number of nitrogens with zero attached hydrogens (tertiary/aromatic N) is 2. The van der Waals surface area contributed by atoms with Gasteiger partial charge < -0.3 is 4.42 Å². The Balaban J connectivity index is 1.26. The summed E-state index contributed by atoms with van der Waals surface area (Å²) in [6.45, 7) is 0. The van der Waals surface area contributed by atoms with Crippen molar-refractivity contribution in [2.75, 3.05) is 4.90 Å². The molecule has 2 aromatic heterocycles. The molecule has 9 aromatic rings. The van der Waals surface area contributed by atoms with Gasteiger partial charge >= 0.3 is 0 Å². The molecule has 0 aliphatic carbocycles. The first-order chi connectivity index (χ1) is 22.3. The van der Waals surface area contributed by atoms with E-state index in [1.165, 1.54) is 38.5 Å². The molecule has 0 saturated carbocycles. The summed E-state index contributed by atoms with van der Waals surface area (Å²) in [5.74, 6) is 1.12. The predicted octanol–water partition coefficient (Wildman–Crippen LogP) is 11.8. The number of furan rings is 1.